The van der Waals surface area contributed by atoms with Gasteiger partial charge in [0.1, 0.15) is 17.5 Å². The Morgan fingerprint density at radius 1 is 1.03 bits per heavy atom. The predicted octanol–water partition coefficient (Wildman–Crippen LogP) is 4.63. The average Bonchev–Trinajstić information content (AvgIpc) is 3.31. The predicted molar refractivity (Wildman–Crippen MR) is 130 cm³/mol. The van der Waals surface area contributed by atoms with Gasteiger partial charge < -0.3 is 10.1 Å². The zero-order chi connectivity index (χ0) is 24.4. The van der Waals surface area contributed by atoms with Crippen molar-refractivity contribution in [1.29, 1.82) is 5.26 Å². The van der Waals surface area contributed by atoms with E-state index in [1.54, 1.807) is 4.68 Å². The molecule has 5 rings (SSSR count). The first-order valence-electron chi connectivity index (χ1n) is 11.3. The van der Waals surface area contributed by atoms with Crippen molar-refractivity contribution < 1.29 is 14.3 Å². The number of aromatic nitrogens is 2. The lowest BCUT2D eigenvalue weighted by Gasteiger charge is -2.25. The SMILES string of the molecule is CC1Oc2ccccc2-c2c1c(C(=O)C(C#N)C(=O)NCc1ccccc1)nn2-c1ccccc1. The molecule has 172 valence electrons. The number of nitrogens with zero attached hydrogens (tertiary/aromatic N) is 3. The van der Waals surface area contributed by atoms with Crippen molar-refractivity contribution >= 4 is 11.7 Å². The second kappa shape index (κ2) is 9.27. The van der Waals surface area contributed by atoms with E-state index in [-0.39, 0.29) is 12.2 Å². The molecule has 35 heavy (non-hydrogen) atoms. The quantitative estimate of drug-likeness (QED) is 0.333. The first-order valence-corrected chi connectivity index (χ1v) is 11.3. The summed E-state index contributed by atoms with van der Waals surface area (Å²) >= 11 is 0. The third-order valence-corrected chi connectivity index (χ3v) is 5.97. The maximum absolute atomic E-state index is 13.6. The van der Waals surface area contributed by atoms with Gasteiger partial charge in [-0.3, -0.25) is 9.59 Å². The van der Waals surface area contributed by atoms with Gasteiger partial charge in [0.05, 0.1) is 17.5 Å². The molecule has 3 aromatic carbocycles. The van der Waals surface area contributed by atoms with Gasteiger partial charge >= 0.3 is 0 Å². The van der Waals surface area contributed by atoms with Crippen LogP contribution in [0.1, 0.15) is 34.6 Å². The molecule has 1 aliphatic heterocycles. The van der Waals surface area contributed by atoms with E-state index in [1.807, 2.05) is 97.9 Å². The van der Waals surface area contributed by atoms with E-state index in [0.717, 1.165) is 22.5 Å². The minimum absolute atomic E-state index is 0.0623. The molecule has 0 aliphatic carbocycles. The van der Waals surface area contributed by atoms with Crippen molar-refractivity contribution in [3.63, 3.8) is 0 Å². The van der Waals surface area contributed by atoms with Crippen LogP contribution in [-0.4, -0.2) is 21.5 Å². The highest BCUT2D eigenvalue weighted by atomic mass is 16.5. The van der Waals surface area contributed by atoms with E-state index in [2.05, 4.69) is 10.4 Å². The molecule has 1 amide bonds. The minimum Gasteiger partial charge on any atom is -0.485 e. The number of carbonyl (C=O) groups excluding carboxylic acids is 2. The highest BCUT2D eigenvalue weighted by Crippen LogP contribution is 2.44. The monoisotopic (exact) mass is 462 g/mol. The van der Waals surface area contributed by atoms with Gasteiger partial charge in [-0.1, -0.05) is 60.7 Å². The molecule has 7 heteroatoms. The van der Waals surface area contributed by atoms with E-state index in [0.29, 0.717) is 11.3 Å². The average molecular weight is 463 g/mol. The minimum atomic E-state index is -1.54. The molecule has 7 nitrogen and oxygen atoms in total. The molecule has 0 saturated carbocycles. The van der Waals surface area contributed by atoms with Crippen LogP contribution in [0.15, 0.2) is 84.9 Å². The summed E-state index contributed by atoms with van der Waals surface area (Å²) in [5.41, 5.74) is 3.76. The van der Waals surface area contributed by atoms with E-state index < -0.39 is 23.7 Å². The molecule has 1 N–H and O–H groups in total. The van der Waals surface area contributed by atoms with E-state index in [9.17, 15) is 14.9 Å². The number of ether oxygens (including phenoxy) is 1. The second-order valence-corrected chi connectivity index (χ2v) is 8.24. The molecular formula is C28H22N4O3. The zero-order valence-corrected chi connectivity index (χ0v) is 19.0. The summed E-state index contributed by atoms with van der Waals surface area (Å²) in [5, 5.41) is 17.1. The fraction of sp³-hybridized carbons (Fsp3) is 0.143. The lowest BCUT2D eigenvalue weighted by Crippen LogP contribution is -2.35. The lowest BCUT2D eigenvalue weighted by atomic mass is 9.93. The van der Waals surface area contributed by atoms with E-state index in [1.165, 1.54) is 0 Å². The highest BCUT2D eigenvalue weighted by Gasteiger charge is 2.38. The van der Waals surface area contributed by atoms with Crippen molar-refractivity contribution in [3.8, 4) is 28.8 Å². The fourth-order valence-electron chi connectivity index (χ4n) is 4.29. The molecule has 0 spiro atoms. The number of nitrogens with one attached hydrogen (secondary N) is 1. The molecule has 4 aromatic rings. The Kier molecular flexibility index (Phi) is 5.86. The molecule has 2 unspecified atom stereocenters. The first kappa shape index (κ1) is 22.1. The number of hydrogen-bond acceptors (Lipinski definition) is 5. The van der Waals surface area contributed by atoms with Crippen LogP contribution in [0.3, 0.4) is 0 Å². The Labute approximate surface area is 202 Å². The Morgan fingerprint density at radius 3 is 2.40 bits per heavy atom. The zero-order valence-electron chi connectivity index (χ0n) is 19.0. The number of carbonyl (C=O) groups is 2. The topological polar surface area (TPSA) is 97.0 Å². The number of Topliss-reactive ketones (excluding diaryl/α,β-unsaturated/α-hetero) is 1. The van der Waals surface area contributed by atoms with Gasteiger partial charge in [0.25, 0.3) is 0 Å². The van der Waals surface area contributed by atoms with Crippen LogP contribution >= 0.6 is 0 Å². The van der Waals surface area contributed by atoms with Gasteiger partial charge in [-0.15, -0.1) is 0 Å². The van der Waals surface area contributed by atoms with Gasteiger partial charge in [-0.25, -0.2) is 4.68 Å². The maximum Gasteiger partial charge on any atom is 0.245 e. The number of hydrogen-bond donors (Lipinski definition) is 1. The Balaban J connectivity index is 1.56. The molecule has 1 aromatic heterocycles. The van der Waals surface area contributed by atoms with Crippen LogP contribution < -0.4 is 10.1 Å². The first-order chi connectivity index (χ1) is 17.1. The molecule has 2 atom stereocenters. The van der Waals surface area contributed by atoms with Crippen molar-refractivity contribution in [1.82, 2.24) is 15.1 Å². The summed E-state index contributed by atoms with van der Waals surface area (Å²) in [6.07, 6.45) is -0.497. The number of amides is 1. The van der Waals surface area contributed by atoms with Gasteiger partial charge in [-0.05, 0) is 36.8 Å². The standard InChI is InChI=1S/C28H22N4O3/c1-18-24-25(27(33)22(16-29)28(34)30-17-19-10-4-2-5-11-19)31-32(20-12-6-3-7-13-20)26(24)21-14-8-9-15-23(21)35-18/h2-15,18,22H,17H2,1H3,(H,30,34). The third-order valence-electron chi connectivity index (χ3n) is 5.97. The van der Waals surface area contributed by atoms with Crippen LogP contribution in [0.2, 0.25) is 0 Å². The Bertz CT molecular complexity index is 1440. The summed E-state index contributed by atoms with van der Waals surface area (Å²) in [4.78, 5) is 26.5. The number of fused-ring (bicyclic) bond motifs is 3. The van der Waals surface area contributed by atoms with Crippen LogP contribution in [0.5, 0.6) is 5.75 Å². The Hall–Kier alpha value is -4.70. The number of benzene rings is 3. The van der Waals surface area contributed by atoms with Crippen LogP contribution in [0.4, 0.5) is 0 Å². The van der Waals surface area contributed by atoms with Gasteiger partial charge in [-0.2, -0.15) is 10.4 Å². The van der Waals surface area contributed by atoms with E-state index in [4.69, 9.17) is 4.74 Å². The number of para-hydroxylation sites is 2. The summed E-state index contributed by atoms with van der Waals surface area (Å²) < 4.78 is 7.78. The van der Waals surface area contributed by atoms with Crippen LogP contribution in [-0.2, 0) is 11.3 Å². The molecule has 1 aliphatic rings. The molecule has 0 radical (unpaired) electrons. The maximum atomic E-state index is 13.6. The number of ketones is 1. The highest BCUT2D eigenvalue weighted by molar-refractivity contribution is 6.12. The van der Waals surface area contributed by atoms with Gasteiger partial charge in [0.15, 0.2) is 5.92 Å². The van der Waals surface area contributed by atoms with Gasteiger partial charge in [0, 0.05) is 17.7 Å². The number of rotatable bonds is 6. The van der Waals surface area contributed by atoms with E-state index >= 15 is 0 Å². The third kappa shape index (κ3) is 4.06. The fourth-order valence-corrected chi connectivity index (χ4v) is 4.29. The normalized spacial score (nSPS) is 14.6. The largest absolute Gasteiger partial charge is 0.485 e. The smallest absolute Gasteiger partial charge is 0.245 e. The van der Waals surface area contributed by atoms with Gasteiger partial charge in [0.2, 0.25) is 11.7 Å². The van der Waals surface area contributed by atoms with Crippen LogP contribution in [0, 0.1) is 17.2 Å². The molecule has 2 heterocycles. The lowest BCUT2D eigenvalue weighted by molar-refractivity contribution is -0.122. The summed E-state index contributed by atoms with van der Waals surface area (Å²) in [6, 6.07) is 28.2. The molecular weight excluding hydrogens is 440 g/mol. The van der Waals surface area contributed by atoms with Crippen molar-refractivity contribution in [2.45, 2.75) is 19.6 Å². The summed E-state index contributed by atoms with van der Waals surface area (Å²) in [7, 11) is 0. The van der Waals surface area contributed by atoms with Crippen molar-refractivity contribution in [3.05, 3.63) is 102 Å². The number of nitriles is 1. The summed E-state index contributed by atoms with van der Waals surface area (Å²) in [6.45, 7) is 2.05. The van der Waals surface area contributed by atoms with Crippen LogP contribution in [0.25, 0.3) is 16.9 Å². The van der Waals surface area contributed by atoms with Crippen molar-refractivity contribution in [2.75, 3.05) is 0 Å². The molecule has 0 fully saturated rings. The summed E-state index contributed by atoms with van der Waals surface area (Å²) in [5.74, 6) is -2.17. The van der Waals surface area contributed by atoms with Crippen molar-refractivity contribution in [2.24, 2.45) is 5.92 Å². The Morgan fingerprint density at radius 2 is 1.69 bits per heavy atom. The molecule has 0 bridgehead atoms. The molecule has 0 saturated heterocycles. The second-order valence-electron chi connectivity index (χ2n) is 8.24.